The molecule has 3 aromatic rings. The molecule has 1 amide bonds. The Labute approximate surface area is 146 Å². The van der Waals surface area contributed by atoms with Crippen LogP contribution >= 0.6 is 0 Å². The lowest BCUT2D eigenvalue weighted by Gasteiger charge is -2.08. The Bertz CT molecular complexity index is 982. The van der Waals surface area contributed by atoms with Crippen LogP contribution in [0.2, 0.25) is 0 Å². The SMILES string of the molecule is CCCn1c(=O)n(CC(=O)Nc2ccc(C)c(C)c2)c2ccccc21. The summed E-state index contributed by atoms with van der Waals surface area (Å²) in [5, 5.41) is 2.88. The minimum Gasteiger partial charge on any atom is -0.325 e. The van der Waals surface area contributed by atoms with Crippen LogP contribution in [0.15, 0.2) is 47.3 Å². The molecule has 0 unspecified atom stereocenters. The third-order valence-electron chi connectivity index (χ3n) is 4.46. The van der Waals surface area contributed by atoms with Gasteiger partial charge in [0.2, 0.25) is 5.91 Å². The van der Waals surface area contributed by atoms with Gasteiger partial charge in [-0.1, -0.05) is 25.1 Å². The van der Waals surface area contributed by atoms with E-state index in [4.69, 9.17) is 0 Å². The highest BCUT2D eigenvalue weighted by atomic mass is 16.2. The molecule has 5 nitrogen and oxygen atoms in total. The number of anilines is 1. The number of benzene rings is 2. The van der Waals surface area contributed by atoms with Crippen LogP contribution < -0.4 is 11.0 Å². The molecule has 0 fully saturated rings. The second kappa shape index (κ2) is 6.97. The average molecular weight is 337 g/mol. The van der Waals surface area contributed by atoms with Gasteiger partial charge in [0.05, 0.1) is 11.0 Å². The van der Waals surface area contributed by atoms with Crippen molar-refractivity contribution in [2.45, 2.75) is 40.3 Å². The van der Waals surface area contributed by atoms with Crippen molar-refractivity contribution in [3.8, 4) is 0 Å². The molecular formula is C20H23N3O2. The maximum Gasteiger partial charge on any atom is 0.329 e. The number of nitrogens with zero attached hydrogens (tertiary/aromatic N) is 2. The number of para-hydroxylation sites is 2. The molecule has 1 heterocycles. The van der Waals surface area contributed by atoms with Gasteiger partial charge in [-0.2, -0.15) is 0 Å². The molecule has 0 spiro atoms. The molecular weight excluding hydrogens is 314 g/mol. The smallest absolute Gasteiger partial charge is 0.325 e. The molecule has 0 atom stereocenters. The predicted molar refractivity (Wildman–Crippen MR) is 101 cm³/mol. The number of carbonyl (C=O) groups is 1. The second-order valence-electron chi connectivity index (χ2n) is 6.36. The van der Waals surface area contributed by atoms with Gasteiger partial charge in [-0.15, -0.1) is 0 Å². The zero-order valence-corrected chi connectivity index (χ0v) is 14.9. The van der Waals surface area contributed by atoms with E-state index < -0.39 is 0 Å². The van der Waals surface area contributed by atoms with Crippen molar-refractivity contribution in [2.75, 3.05) is 5.32 Å². The number of amides is 1. The normalized spacial score (nSPS) is 11.0. The average Bonchev–Trinajstić information content (AvgIpc) is 2.84. The van der Waals surface area contributed by atoms with E-state index in [0.29, 0.717) is 6.54 Å². The van der Waals surface area contributed by atoms with Crippen molar-refractivity contribution in [1.82, 2.24) is 9.13 Å². The summed E-state index contributed by atoms with van der Waals surface area (Å²) in [6.07, 6.45) is 0.864. The van der Waals surface area contributed by atoms with Crippen LogP contribution in [0.3, 0.4) is 0 Å². The lowest BCUT2D eigenvalue weighted by molar-refractivity contribution is -0.116. The molecule has 25 heavy (non-hydrogen) atoms. The first-order chi connectivity index (χ1) is 12.0. The molecule has 0 aliphatic rings. The van der Waals surface area contributed by atoms with Gasteiger partial charge in [0, 0.05) is 12.2 Å². The Hall–Kier alpha value is -2.82. The Morgan fingerprint density at radius 2 is 1.68 bits per heavy atom. The minimum atomic E-state index is -0.204. The van der Waals surface area contributed by atoms with Gasteiger partial charge < -0.3 is 5.32 Å². The Morgan fingerprint density at radius 3 is 2.32 bits per heavy atom. The van der Waals surface area contributed by atoms with E-state index in [9.17, 15) is 9.59 Å². The van der Waals surface area contributed by atoms with Crippen molar-refractivity contribution in [3.05, 3.63) is 64.1 Å². The number of rotatable bonds is 5. The summed E-state index contributed by atoms with van der Waals surface area (Å²) in [6.45, 7) is 6.72. The van der Waals surface area contributed by atoms with Crippen molar-refractivity contribution in [1.29, 1.82) is 0 Å². The number of hydrogen-bond acceptors (Lipinski definition) is 2. The van der Waals surface area contributed by atoms with Gasteiger partial charge in [0.25, 0.3) is 0 Å². The van der Waals surface area contributed by atoms with Crippen molar-refractivity contribution in [2.24, 2.45) is 0 Å². The number of carbonyl (C=O) groups excluding carboxylic acids is 1. The topological polar surface area (TPSA) is 56.0 Å². The fraction of sp³-hybridized carbons (Fsp3) is 0.300. The molecule has 0 aliphatic carbocycles. The van der Waals surface area contributed by atoms with Crippen molar-refractivity contribution >= 4 is 22.6 Å². The molecule has 2 aromatic carbocycles. The molecule has 0 radical (unpaired) electrons. The first kappa shape index (κ1) is 17.0. The van der Waals surface area contributed by atoms with Gasteiger partial charge in [0.1, 0.15) is 6.54 Å². The molecule has 130 valence electrons. The van der Waals surface area contributed by atoms with E-state index in [1.807, 2.05) is 63.2 Å². The molecule has 0 saturated carbocycles. The number of aromatic nitrogens is 2. The summed E-state index contributed by atoms with van der Waals surface area (Å²) in [6, 6.07) is 13.4. The lowest BCUT2D eigenvalue weighted by atomic mass is 10.1. The third kappa shape index (κ3) is 3.36. The summed E-state index contributed by atoms with van der Waals surface area (Å²) in [5.74, 6) is -0.204. The number of hydrogen-bond donors (Lipinski definition) is 1. The predicted octanol–water partition coefficient (Wildman–Crippen LogP) is 3.47. The fourth-order valence-corrected chi connectivity index (χ4v) is 3.03. The number of fused-ring (bicyclic) bond motifs is 1. The van der Waals surface area contributed by atoms with Crippen LogP contribution in [-0.4, -0.2) is 15.0 Å². The van der Waals surface area contributed by atoms with Crippen LogP contribution in [0.4, 0.5) is 5.69 Å². The molecule has 1 N–H and O–H groups in total. The summed E-state index contributed by atoms with van der Waals surface area (Å²) in [4.78, 5) is 25.2. The summed E-state index contributed by atoms with van der Waals surface area (Å²) >= 11 is 0. The second-order valence-corrected chi connectivity index (χ2v) is 6.36. The number of aryl methyl sites for hydroxylation is 3. The maximum absolute atomic E-state index is 12.7. The zero-order valence-electron chi connectivity index (χ0n) is 14.9. The minimum absolute atomic E-state index is 0.00296. The monoisotopic (exact) mass is 337 g/mol. The summed E-state index contributed by atoms with van der Waals surface area (Å²) in [5.41, 5.74) is 4.56. The third-order valence-corrected chi connectivity index (χ3v) is 4.46. The van der Waals surface area contributed by atoms with Gasteiger partial charge >= 0.3 is 5.69 Å². The largest absolute Gasteiger partial charge is 0.329 e. The van der Waals surface area contributed by atoms with Crippen LogP contribution in [0.5, 0.6) is 0 Å². The van der Waals surface area contributed by atoms with Crippen LogP contribution in [0.1, 0.15) is 24.5 Å². The van der Waals surface area contributed by atoms with Gasteiger partial charge in [-0.25, -0.2) is 4.79 Å². The number of nitrogens with one attached hydrogen (secondary N) is 1. The van der Waals surface area contributed by atoms with E-state index >= 15 is 0 Å². The Balaban J connectivity index is 1.89. The number of imidazole rings is 1. The van der Waals surface area contributed by atoms with E-state index in [-0.39, 0.29) is 18.1 Å². The van der Waals surface area contributed by atoms with Crippen LogP contribution in [-0.2, 0) is 17.9 Å². The molecule has 0 saturated heterocycles. The first-order valence-electron chi connectivity index (χ1n) is 8.56. The van der Waals surface area contributed by atoms with Crippen LogP contribution in [0, 0.1) is 13.8 Å². The van der Waals surface area contributed by atoms with Crippen LogP contribution in [0.25, 0.3) is 11.0 Å². The van der Waals surface area contributed by atoms with E-state index in [2.05, 4.69) is 5.32 Å². The maximum atomic E-state index is 12.7. The Kier molecular flexibility index (Phi) is 4.74. The highest BCUT2D eigenvalue weighted by Gasteiger charge is 2.15. The molecule has 1 aromatic heterocycles. The highest BCUT2D eigenvalue weighted by molar-refractivity contribution is 5.91. The fourth-order valence-electron chi connectivity index (χ4n) is 3.03. The van der Waals surface area contributed by atoms with E-state index in [0.717, 1.165) is 28.7 Å². The Morgan fingerprint density at radius 1 is 1.00 bits per heavy atom. The van der Waals surface area contributed by atoms with Crippen molar-refractivity contribution in [3.63, 3.8) is 0 Å². The summed E-state index contributed by atoms with van der Waals surface area (Å²) in [7, 11) is 0. The highest BCUT2D eigenvalue weighted by Crippen LogP contribution is 2.16. The quantitative estimate of drug-likeness (QED) is 0.775. The lowest BCUT2D eigenvalue weighted by Crippen LogP contribution is -2.29. The standard InChI is InChI=1S/C20H23N3O2/c1-4-11-22-17-7-5-6-8-18(17)23(20(22)25)13-19(24)21-16-10-9-14(2)15(3)12-16/h5-10,12H,4,11,13H2,1-3H3,(H,21,24). The van der Waals surface area contributed by atoms with Crippen molar-refractivity contribution < 1.29 is 4.79 Å². The summed E-state index contributed by atoms with van der Waals surface area (Å²) < 4.78 is 3.28. The first-order valence-corrected chi connectivity index (χ1v) is 8.56. The molecule has 5 heteroatoms. The van der Waals surface area contributed by atoms with Gasteiger partial charge in [-0.05, 0) is 55.7 Å². The van der Waals surface area contributed by atoms with E-state index in [1.54, 1.807) is 9.13 Å². The van der Waals surface area contributed by atoms with Gasteiger partial charge in [-0.3, -0.25) is 13.9 Å². The zero-order chi connectivity index (χ0) is 18.0. The van der Waals surface area contributed by atoms with E-state index in [1.165, 1.54) is 5.56 Å². The van der Waals surface area contributed by atoms with Gasteiger partial charge in [0.15, 0.2) is 0 Å². The molecule has 3 rings (SSSR count). The molecule has 0 bridgehead atoms. The molecule has 0 aliphatic heterocycles.